The fourth-order valence-corrected chi connectivity index (χ4v) is 7.82. The molecular weight excluding hydrogens is 416 g/mol. The molecule has 2 fully saturated rings. The lowest BCUT2D eigenvalue weighted by Gasteiger charge is -2.28. The van der Waals surface area contributed by atoms with Gasteiger partial charge in [0.15, 0.2) is 0 Å². The van der Waals surface area contributed by atoms with Crippen molar-refractivity contribution in [2.45, 2.75) is 85.8 Å². The molecule has 0 saturated heterocycles. The number of benzene rings is 4. The topological polar surface area (TPSA) is 0 Å². The molecule has 2 aliphatic carbocycles. The van der Waals surface area contributed by atoms with E-state index in [1.807, 2.05) is 0 Å². The molecule has 6 rings (SSSR count). The predicted octanol–water partition coefficient (Wildman–Crippen LogP) is 10.2. The van der Waals surface area contributed by atoms with Crippen molar-refractivity contribution >= 4 is 33.3 Å². The highest BCUT2D eigenvalue weighted by Crippen LogP contribution is 2.48. The van der Waals surface area contributed by atoms with Gasteiger partial charge < -0.3 is 0 Å². The van der Waals surface area contributed by atoms with Crippen molar-refractivity contribution in [3.8, 4) is 0 Å². The first-order valence-electron chi connectivity index (χ1n) is 13.1. The Balaban J connectivity index is 1.54. The summed E-state index contributed by atoms with van der Waals surface area (Å²) in [7, 11) is 0. The van der Waals surface area contributed by atoms with Crippen molar-refractivity contribution in [1.82, 2.24) is 0 Å². The lowest BCUT2D eigenvalue weighted by atomic mass is 9.83. The van der Waals surface area contributed by atoms with Gasteiger partial charge in [0.1, 0.15) is 0 Å². The maximum Gasteiger partial charge on any atom is 0.0236 e. The van der Waals surface area contributed by atoms with Crippen molar-refractivity contribution in [1.29, 1.82) is 0 Å². The molecule has 0 aliphatic heterocycles. The molecule has 0 amide bonds. The molecule has 168 valence electrons. The number of hydrogen-bond acceptors (Lipinski definition) is 1. The zero-order valence-corrected chi connectivity index (χ0v) is 20.4. The molecule has 2 aliphatic rings. The first-order valence-corrected chi connectivity index (χ1v) is 13.9. The Bertz CT molecular complexity index is 1160. The summed E-state index contributed by atoms with van der Waals surface area (Å²) in [5.74, 6) is 1.41. The Morgan fingerprint density at radius 2 is 0.879 bits per heavy atom. The number of fused-ring (bicyclic) bond motifs is 2. The molecule has 0 radical (unpaired) electrons. The van der Waals surface area contributed by atoms with Crippen molar-refractivity contribution in [2.75, 3.05) is 0 Å². The minimum absolute atomic E-state index is 0.707. The largest absolute Gasteiger partial charge is 0.0882 e. The van der Waals surface area contributed by atoms with Crippen molar-refractivity contribution in [2.24, 2.45) is 0 Å². The molecule has 0 N–H and O–H groups in total. The molecule has 0 bridgehead atoms. The third-order valence-corrected chi connectivity index (χ3v) is 9.43. The average Bonchev–Trinajstić information content (AvgIpc) is 2.90. The summed E-state index contributed by atoms with van der Waals surface area (Å²) < 4.78 is 0. The first kappa shape index (κ1) is 21.3. The normalized spacial score (nSPS) is 18.2. The zero-order valence-electron chi connectivity index (χ0n) is 19.6. The van der Waals surface area contributed by atoms with Crippen LogP contribution in [0.2, 0.25) is 0 Å². The summed E-state index contributed by atoms with van der Waals surface area (Å²) in [5.41, 5.74) is 3.20. The maximum atomic E-state index is 2.46. The monoisotopic (exact) mass is 450 g/mol. The van der Waals surface area contributed by atoms with Crippen LogP contribution in [0.3, 0.4) is 0 Å². The Hall–Kier alpha value is -2.25. The first-order chi connectivity index (χ1) is 16.4. The van der Waals surface area contributed by atoms with E-state index in [2.05, 4.69) is 84.6 Å². The summed E-state index contributed by atoms with van der Waals surface area (Å²) in [6, 6.07) is 27.8. The van der Waals surface area contributed by atoms with E-state index < -0.39 is 0 Å². The molecule has 2 saturated carbocycles. The maximum absolute atomic E-state index is 2.46. The molecule has 4 aromatic carbocycles. The van der Waals surface area contributed by atoms with Crippen LogP contribution < -0.4 is 0 Å². The van der Waals surface area contributed by atoms with Gasteiger partial charge in [-0.15, -0.1) is 0 Å². The molecule has 0 heterocycles. The molecule has 0 aromatic heterocycles. The van der Waals surface area contributed by atoms with E-state index in [-0.39, 0.29) is 0 Å². The van der Waals surface area contributed by atoms with Crippen molar-refractivity contribution in [3.63, 3.8) is 0 Å². The highest BCUT2D eigenvalue weighted by Gasteiger charge is 2.24. The van der Waals surface area contributed by atoms with E-state index in [1.165, 1.54) is 95.5 Å². The highest BCUT2D eigenvalue weighted by atomic mass is 32.2. The summed E-state index contributed by atoms with van der Waals surface area (Å²) in [4.78, 5) is 3.04. The van der Waals surface area contributed by atoms with Gasteiger partial charge in [0.25, 0.3) is 0 Å². The van der Waals surface area contributed by atoms with Crippen LogP contribution in [0.4, 0.5) is 0 Å². The van der Waals surface area contributed by atoms with Crippen LogP contribution in [-0.2, 0) is 0 Å². The number of rotatable bonds is 4. The van der Waals surface area contributed by atoms with Gasteiger partial charge in [-0.25, -0.2) is 0 Å². The Morgan fingerprint density at radius 1 is 0.455 bits per heavy atom. The second-order valence-electron chi connectivity index (χ2n) is 10.2. The Kier molecular flexibility index (Phi) is 6.16. The fraction of sp³-hybridized carbons (Fsp3) is 0.375. The van der Waals surface area contributed by atoms with E-state index in [9.17, 15) is 0 Å². The Labute approximate surface area is 202 Å². The van der Waals surface area contributed by atoms with E-state index in [1.54, 1.807) is 11.1 Å². The van der Waals surface area contributed by atoms with Gasteiger partial charge in [0, 0.05) is 9.79 Å². The van der Waals surface area contributed by atoms with Crippen LogP contribution in [0.15, 0.2) is 82.6 Å². The standard InChI is InChI=1S/C32H34S/c1-3-11-23(12-4-1)29-21-19-25-15-7-9-17-27(25)31(29)33-32-28-18-10-8-16-26(28)20-22-30(32)24-13-5-2-6-14-24/h7-10,15-24H,1-6,11-14H2. The SMILES string of the molecule is c1ccc2c(Sc3c(C4CCCCC4)ccc4ccccc34)c(C3CCCCC3)ccc2c1. The molecule has 4 aromatic rings. The van der Waals surface area contributed by atoms with Gasteiger partial charge in [0.05, 0.1) is 0 Å². The summed E-state index contributed by atoms with van der Waals surface area (Å²) >= 11 is 2.09. The molecule has 0 atom stereocenters. The van der Waals surface area contributed by atoms with Crippen molar-refractivity contribution in [3.05, 3.63) is 83.9 Å². The van der Waals surface area contributed by atoms with Gasteiger partial charge in [-0.1, -0.05) is 123 Å². The lowest BCUT2D eigenvalue weighted by Crippen LogP contribution is -2.07. The van der Waals surface area contributed by atoms with Crippen LogP contribution in [0.25, 0.3) is 21.5 Å². The fourth-order valence-electron chi connectivity index (χ4n) is 6.32. The lowest BCUT2D eigenvalue weighted by molar-refractivity contribution is 0.439. The van der Waals surface area contributed by atoms with Crippen LogP contribution in [-0.4, -0.2) is 0 Å². The molecular formula is C32H34S. The van der Waals surface area contributed by atoms with Crippen LogP contribution in [0.5, 0.6) is 0 Å². The van der Waals surface area contributed by atoms with E-state index in [0.717, 1.165) is 0 Å². The van der Waals surface area contributed by atoms with E-state index >= 15 is 0 Å². The van der Waals surface area contributed by atoms with E-state index in [0.29, 0.717) is 11.8 Å². The minimum Gasteiger partial charge on any atom is -0.0882 e. The Morgan fingerprint density at radius 3 is 1.33 bits per heavy atom. The molecule has 0 unspecified atom stereocenters. The summed E-state index contributed by atoms with van der Waals surface area (Å²) in [6.45, 7) is 0. The van der Waals surface area contributed by atoms with Gasteiger partial charge in [0.2, 0.25) is 0 Å². The van der Waals surface area contributed by atoms with Gasteiger partial charge >= 0.3 is 0 Å². The third-order valence-electron chi connectivity index (χ3n) is 8.11. The highest BCUT2D eigenvalue weighted by molar-refractivity contribution is 8.00. The second kappa shape index (κ2) is 9.55. The van der Waals surface area contributed by atoms with Crippen LogP contribution in [0.1, 0.15) is 87.2 Å². The number of hydrogen-bond donors (Lipinski definition) is 0. The van der Waals surface area contributed by atoms with Crippen LogP contribution >= 0.6 is 11.8 Å². The second-order valence-corrected chi connectivity index (χ2v) is 11.2. The molecule has 1 heteroatoms. The molecule has 33 heavy (non-hydrogen) atoms. The van der Waals surface area contributed by atoms with Crippen molar-refractivity contribution < 1.29 is 0 Å². The average molecular weight is 451 g/mol. The van der Waals surface area contributed by atoms with E-state index in [4.69, 9.17) is 0 Å². The van der Waals surface area contributed by atoms with Crippen LogP contribution in [0, 0.1) is 0 Å². The third kappa shape index (κ3) is 4.21. The minimum atomic E-state index is 0.707. The summed E-state index contributed by atoms with van der Waals surface area (Å²) in [5, 5.41) is 5.62. The van der Waals surface area contributed by atoms with Gasteiger partial charge in [-0.2, -0.15) is 0 Å². The zero-order chi connectivity index (χ0) is 22.0. The van der Waals surface area contributed by atoms with Gasteiger partial charge in [-0.3, -0.25) is 0 Å². The quantitative estimate of drug-likeness (QED) is 0.298. The predicted molar refractivity (Wildman–Crippen MR) is 144 cm³/mol. The molecule has 0 nitrogen and oxygen atoms in total. The summed E-state index contributed by atoms with van der Waals surface area (Å²) in [6.07, 6.45) is 13.7. The van der Waals surface area contributed by atoms with Gasteiger partial charge in [-0.05, 0) is 70.2 Å². The molecule has 0 spiro atoms. The smallest absolute Gasteiger partial charge is 0.0236 e.